The predicted molar refractivity (Wildman–Crippen MR) is 125 cm³/mol. The van der Waals surface area contributed by atoms with Gasteiger partial charge in [0.25, 0.3) is 0 Å². The Hall–Kier alpha value is -3.05. The summed E-state index contributed by atoms with van der Waals surface area (Å²) in [4.78, 5) is 42.0. The number of aliphatic hydroxyl groups is 1. The first-order valence-corrected chi connectivity index (χ1v) is 12.4. The average Bonchev–Trinajstić information content (AvgIpc) is 3.61. The van der Waals surface area contributed by atoms with Crippen molar-refractivity contribution in [1.82, 2.24) is 30.5 Å². The van der Waals surface area contributed by atoms with E-state index in [9.17, 15) is 19.5 Å². The number of hydrogen-bond acceptors (Lipinski definition) is 7. The Morgan fingerprint density at radius 1 is 1.26 bits per heavy atom. The van der Waals surface area contributed by atoms with E-state index in [1.54, 1.807) is 4.68 Å². The van der Waals surface area contributed by atoms with Gasteiger partial charge in [0, 0.05) is 6.54 Å². The Labute approximate surface area is 203 Å². The van der Waals surface area contributed by atoms with Crippen molar-refractivity contribution in [3.8, 4) is 0 Å². The lowest BCUT2D eigenvalue weighted by Crippen LogP contribution is -2.58. The standard InChI is InChI=1S/C24H32N6O5/c1-3-11-25-21(32)18-17-9-10-24(35-17)19(18)23(34)30(14(4-2)12-31)20(24)22(33)26-13-29-16-8-6-5-7-15(16)27-28-29/h5-8,14,17-20,31H,3-4,9-13H2,1-2H3,(H,25,32)(H,26,33)/t14-,17-,18+,19-,20?,24?/m0/s1. The van der Waals surface area contributed by atoms with Crippen LogP contribution < -0.4 is 10.6 Å². The van der Waals surface area contributed by atoms with E-state index in [4.69, 9.17) is 4.74 Å². The molecule has 188 valence electrons. The first-order valence-electron chi connectivity index (χ1n) is 12.4. The van der Waals surface area contributed by atoms with Crippen LogP contribution in [0.3, 0.4) is 0 Å². The monoisotopic (exact) mass is 484 g/mol. The number of carbonyl (C=O) groups excluding carboxylic acids is 3. The van der Waals surface area contributed by atoms with Crippen molar-refractivity contribution >= 4 is 28.8 Å². The molecule has 1 aromatic carbocycles. The number of hydrogen-bond donors (Lipinski definition) is 3. The molecule has 2 aromatic rings. The summed E-state index contributed by atoms with van der Waals surface area (Å²) in [6, 6.07) is 5.94. The van der Waals surface area contributed by atoms with Crippen molar-refractivity contribution in [2.45, 2.75) is 70.0 Å². The van der Waals surface area contributed by atoms with E-state index in [2.05, 4.69) is 20.9 Å². The maximum absolute atomic E-state index is 13.8. The molecule has 2 unspecified atom stereocenters. The van der Waals surface area contributed by atoms with Crippen LogP contribution in [0.1, 0.15) is 39.5 Å². The highest BCUT2D eigenvalue weighted by molar-refractivity contribution is 5.99. The van der Waals surface area contributed by atoms with Crippen LogP contribution in [0.2, 0.25) is 0 Å². The van der Waals surface area contributed by atoms with E-state index in [1.165, 1.54) is 4.90 Å². The second-order valence-corrected chi connectivity index (χ2v) is 9.61. The second kappa shape index (κ2) is 9.19. The summed E-state index contributed by atoms with van der Waals surface area (Å²) in [5.41, 5.74) is 0.395. The molecule has 35 heavy (non-hydrogen) atoms. The van der Waals surface area contributed by atoms with E-state index in [-0.39, 0.29) is 31.0 Å². The maximum Gasteiger partial charge on any atom is 0.247 e. The summed E-state index contributed by atoms with van der Waals surface area (Å²) in [5.74, 6) is -2.28. The van der Waals surface area contributed by atoms with Gasteiger partial charge in [-0.2, -0.15) is 0 Å². The summed E-state index contributed by atoms with van der Waals surface area (Å²) >= 11 is 0. The predicted octanol–water partition coefficient (Wildman–Crippen LogP) is 0.177. The third kappa shape index (κ3) is 3.59. The summed E-state index contributed by atoms with van der Waals surface area (Å²) in [5, 5.41) is 24.1. The number of nitrogens with one attached hydrogen (secondary N) is 2. The van der Waals surface area contributed by atoms with Crippen molar-refractivity contribution in [2.75, 3.05) is 13.2 Å². The number of fused-ring (bicyclic) bond motifs is 2. The molecule has 0 aliphatic carbocycles. The zero-order valence-corrected chi connectivity index (χ0v) is 20.0. The third-order valence-corrected chi connectivity index (χ3v) is 7.74. The Kier molecular flexibility index (Phi) is 6.22. The molecule has 3 fully saturated rings. The molecule has 6 atom stereocenters. The van der Waals surface area contributed by atoms with E-state index in [0.717, 1.165) is 11.9 Å². The number of rotatable bonds is 9. The molecule has 2 bridgehead atoms. The molecule has 3 saturated heterocycles. The Balaban J connectivity index is 1.45. The molecular weight excluding hydrogens is 452 g/mol. The first kappa shape index (κ1) is 23.7. The van der Waals surface area contributed by atoms with E-state index in [1.807, 2.05) is 38.1 Å². The zero-order chi connectivity index (χ0) is 24.7. The van der Waals surface area contributed by atoms with Gasteiger partial charge in [-0.15, -0.1) is 5.10 Å². The van der Waals surface area contributed by atoms with Crippen LogP contribution in [0.4, 0.5) is 0 Å². The molecule has 3 aliphatic rings. The van der Waals surface area contributed by atoms with Gasteiger partial charge in [-0.25, -0.2) is 4.68 Å². The topological polar surface area (TPSA) is 139 Å². The minimum Gasteiger partial charge on any atom is -0.394 e. The minimum atomic E-state index is -1.09. The Morgan fingerprint density at radius 3 is 2.80 bits per heavy atom. The molecule has 3 amide bonds. The summed E-state index contributed by atoms with van der Waals surface area (Å²) < 4.78 is 7.96. The molecule has 3 aliphatic heterocycles. The van der Waals surface area contributed by atoms with Crippen molar-refractivity contribution < 1.29 is 24.2 Å². The lowest BCUT2D eigenvalue weighted by Gasteiger charge is -2.36. The number of amides is 3. The molecule has 3 N–H and O–H groups in total. The van der Waals surface area contributed by atoms with Crippen molar-refractivity contribution in [1.29, 1.82) is 0 Å². The second-order valence-electron chi connectivity index (χ2n) is 9.61. The van der Waals surface area contributed by atoms with Gasteiger partial charge < -0.3 is 25.4 Å². The molecule has 5 rings (SSSR count). The van der Waals surface area contributed by atoms with Gasteiger partial charge in [-0.1, -0.05) is 31.2 Å². The van der Waals surface area contributed by atoms with Crippen LogP contribution in [-0.2, 0) is 25.8 Å². The highest BCUT2D eigenvalue weighted by Gasteiger charge is 2.74. The number of para-hydroxylation sites is 1. The van der Waals surface area contributed by atoms with E-state index in [0.29, 0.717) is 31.3 Å². The highest BCUT2D eigenvalue weighted by atomic mass is 16.5. The van der Waals surface area contributed by atoms with Gasteiger partial charge >= 0.3 is 0 Å². The summed E-state index contributed by atoms with van der Waals surface area (Å²) in [6.07, 6.45) is 1.97. The Bertz CT molecular complexity index is 1130. The minimum absolute atomic E-state index is 0.0678. The van der Waals surface area contributed by atoms with Gasteiger partial charge in [-0.05, 0) is 37.8 Å². The van der Waals surface area contributed by atoms with Crippen LogP contribution in [0.25, 0.3) is 11.0 Å². The van der Waals surface area contributed by atoms with Crippen LogP contribution >= 0.6 is 0 Å². The van der Waals surface area contributed by atoms with Crippen LogP contribution in [-0.4, -0.2) is 79.7 Å². The lowest BCUT2D eigenvalue weighted by atomic mass is 9.70. The average molecular weight is 485 g/mol. The number of ether oxygens (including phenoxy) is 1. The molecular formula is C24H32N6O5. The smallest absolute Gasteiger partial charge is 0.247 e. The van der Waals surface area contributed by atoms with E-state index < -0.39 is 35.6 Å². The summed E-state index contributed by atoms with van der Waals surface area (Å²) in [7, 11) is 0. The van der Waals surface area contributed by atoms with Gasteiger partial charge in [0.1, 0.15) is 23.8 Å². The molecule has 1 spiro atoms. The van der Waals surface area contributed by atoms with Gasteiger partial charge in [-0.3, -0.25) is 14.4 Å². The largest absolute Gasteiger partial charge is 0.394 e. The number of aliphatic hydroxyl groups excluding tert-OH is 1. The molecule has 0 radical (unpaired) electrons. The fourth-order valence-corrected chi connectivity index (χ4v) is 6.15. The van der Waals surface area contributed by atoms with Gasteiger partial charge in [0.2, 0.25) is 17.7 Å². The van der Waals surface area contributed by atoms with Crippen LogP contribution in [0.5, 0.6) is 0 Å². The van der Waals surface area contributed by atoms with Crippen molar-refractivity contribution in [2.24, 2.45) is 11.8 Å². The number of nitrogens with zero attached hydrogens (tertiary/aromatic N) is 4. The van der Waals surface area contributed by atoms with Crippen LogP contribution in [0.15, 0.2) is 24.3 Å². The lowest BCUT2D eigenvalue weighted by molar-refractivity contribution is -0.146. The van der Waals surface area contributed by atoms with Gasteiger partial charge in [0.15, 0.2) is 0 Å². The third-order valence-electron chi connectivity index (χ3n) is 7.74. The maximum atomic E-state index is 13.8. The molecule has 11 nitrogen and oxygen atoms in total. The molecule has 1 aromatic heterocycles. The molecule has 4 heterocycles. The fraction of sp³-hybridized carbons (Fsp3) is 0.625. The highest BCUT2D eigenvalue weighted by Crippen LogP contribution is 2.58. The van der Waals surface area contributed by atoms with Crippen LogP contribution in [0, 0.1) is 11.8 Å². The zero-order valence-electron chi connectivity index (χ0n) is 20.0. The molecule has 0 saturated carbocycles. The van der Waals surface area contributed by atoms with Crippen molar-refractivity contribution in [3.05, 3.63) is 24.3 Å². The SMILES string of the molecule is CCCNC(=O)[C@@H]1[C@@H]2CCC3(O2)C(C(=O)NCn2nnc4ccccc42)N([C@@H](CC)CO)C(=O)[C@H]13. The van der Waals surface area contributed by atoms with Gasteiger partial charge in [0.05, 0.1) is 36.1 Å². The molecule has 11 heteroatoms. The fourth-order valence-electron chi connectivity index (χ4n) is 6.15. The number of benzene rings is 1. The number of carbonyl (C=O) groups is 3. The van der Waals surface area contributed by atoms with E-state index >= 15 is 0 Å². The normalized spacial score (nSPS) is 30.0. The number of likely N-dealkylation sites (tertiary alicyclic amines) is 1. The quantitative estimate of drug-likeness (QED) is 0.461. The number of aromatic nitrogens is 3. The first-order chi connectivity index (χ1) is 17.0. The van der Waals surface area contributed by atoms with Crippen molar-refractivity contribution in [3.63, 3.8) is 0 Å². The Morgan fingerprint density at radius 2 is 2.06 bits per heavy atom. The summed E-state index contributed by atoms with van der Waals surface area (Å²) in [6.45, 7) is 4.13.